The lowest BCUT2D eigenvalue weighted by molar-refractivity contribution is -0.158. The van der Waals surface area contributed by atoms with Crippen molar-refractivity contribution in [1.29, 1.82) is 0 Å². The van der Waals surface area contributed by atoms with Crippen molar-refractivity contribution in [2.24, 2.45) is 11.3 Å². The van der Waals surface area contributed by atoms with Gasteiger partial charge in [-0.2, -0.15) is 0 Å². The van der Waals surface area contributed by atoms with Gasteiger partial charge in [0.15, 0.2) is 0 Å². The molecule has 1 amide bonds. The fraction of sp³-hybridized carbons (Fsp3) is 0.560. The van der Waals surface area contributed by atoms with E-state index in [9.17, 15) is 19.5 Å². The second kappa shape index (κ2) is 8.72. The minimum absolute atomic E-state index is 0.0433. The first-order valence-corrected chi connectivity index (χ1v) is 11.2. The maximum Gasteiger partial charge on any atom is 0.419 e. The molecular weight excluding hydrogens is 424 g/mol. The van der Waals surface area contributed by atoms with Crippen LogP contribution >= 0.6 is 0 Å². The van der Waals surface area contributed by atoms with E-state index in [1.54, 1.807) is 27.0 Å². The van der Waals surface area contributed by atoms with Crippen LogP contribution in [0.25, 0.3) is 10.9 Å². The van der Waals surface area contributed by atoms with Gasteiger partial charge in [-0.25, -0.2) is 9.59 Å². The summed E-state index contributed by atoms with van der Waals surface area (Å²) in [4.78, 5) is 39.1. The number of hydrogen-bond acceptors (Lipinski definition) is 5. The fourth-order valence-corrected chi connectivity index (χ4v) is 3.92. The Balaban J connectivity index is 2.03. The third-order valence-electron chi connectivity index (χ3n) is 6.14. The summed E-state index contributed by atoms with van der Waals surface area (Å²) in [6, 6.07) is 7.35. The van der Waals surface area contributed by atoms with E-state index in [0.717, 1.165) is 10.9 Å². The lowest BCUT2D eigenvalue weighted by Gasteiger charge is -2.28. The standard InChI is InChI=1S/C25H34N2O6/c1-15(24(2,3)4)32-21(28)19-13-26(22(29)30)12-17(19)18-14-27(23(31)33-25(5,6)7)20-11-9-8-10-16(18)20/h8-11,14-15,17,19H,12-13H2,1-7H3,(H,29,30). The van der Waals surface area contributed by atoms with E-state index >= 15 is 0 Å². The molecule has 8 nitrogen and oxygen atoms in total. The normalized spacial score (nSPS) is 20.0. The maximum absolute atomic E-state index is 13.2. The van der Waals surface area contributed by atoms with Gasteiger partial charge in [-0.15, -0.1) is 0 Å². The number of carbonyl (C=O) groups excluding carboxylic acids is 2. The van der Waals surface area contributed by atoms with E-state index in [-0.39, 0.29) is 24.6 Å². The Labute approximate surface area is 194 Å². The van der Waals surface area contributed by atoms with E-state index in [1.165, 1.54) is 9.47 Å². The summed E-state index contributed by atoms with van der Waals surface area (Å²) in [5.74, 6) is -1.56. The highest BCUT2D eigenvalue weighted by atomic mass is 16.6. The van der Waals surface area contributed by atoms with Gasteiger partial charge in [0.05, 0.1) is 11.4 Å². The lowest BCUT2D eigenvalue weighted by Crippen LogP contribution is -2.34. The molecule has 3 atom stereocenters. The van der Waals surface area contributed by atoms with Crippen molar-refractivity contribution in [3.63, 3.8) is 0 Å². The number of carboxylic acid groups (broad SMARTS) is 1. The zero-order valence-electron chi connectivity index (χ0n) is 20.4. The SMILES string of the molecule is CC(OC(=O)C1CN(C(=O)O)CC1c1cn(C(=O)OC(C)(C)C)c2ccccc12)C(C)(C)C. The molecule has 2 heterocycles. The quantitative estimate of drug-likeness (QED) is 0.643. The summed E-state index contributed by atoms with van der Waals surface area (Å²) >= 11 is 0. The Morgan fingerprint density at radius 3 is 2.27 bits per heavy atom. The minimum Gasteiger partial charge on any atom is -0.465 e. The number of amides is 1. The molecule has 0 spiro atoms. The lowest BCUT2D eigenvalue weighted by atomic mass is 9.87. The van der Waals surface area contributed by atoms with Crippen LogP contribution < -0.4 is 0 Å². The van der Waals surface area contributed by atoms with Gasteiger partial charge in [0, 0.05) is 30.6 Å². The summed E-state index contributed by atoms with van der Waals surface area (Å²) in [6.45, 7) is 13.3. The topological polar surface area (TPSA) is 98.1 Å². The number of likely N-dealkylation sites (tertiary alicyclic amines) is 1. The number of benzene rings is 1. The molecule has 8 heteroatoms. The van der Waals surface area contributed by atoms with Gasteiger partial charge in [0.2, 0.25) is 0 Å². The molecule has 0 saturated carbocycles. The highest BCUT2D eigenvalue weighted by molar-refractivity contribution is 5.93. The van der Waals surface area contributed by atoms with Gasteiger partial charge < -0.3 is 19.5 Å². The summed E-state index contributed by atoms with van der Waals surface area (Å²) in [5.41, 5.74) is 0.449. The Hall–Kier alpha value is -3.03. The zero-order chi connectivity index (χ0) is 24.7. The molecule has 3 unspecified atom stereocenters. The number of rotatable bonds is 3. The van der Waals surface area contributed by atoms with Crippen LogP contribution in [0.4, 0.5) is 9.59 Å². The molecule has 1 aliphatic heterocycles. The molecule has 3 rings (SSSR count). The average molecular weight is 459 g/mol. The van der Waals surface area contributed by atoms with Crippen molar-refractivity contribution in [3.05, 3.63) is 36.0 Å². The van der Waals surface area contributed by atoms with Crippen molar-refractivity contribution in [1.82, 2.24) is 9.47 Å². The second-order valence-corrected chi connectivity index (χ2v) is 10.8. The molecule has 180 valence electrons. The number of ether oxygens (including phenoxy) is 2. The predicted molar refractivity (Wildman–Crippen MR) is 124 cm³/mol. The number of esters is 1. The zero-order valence-corrected chi connectivity index (χ0v) is 20.4. The van der Waals surface area contributed by atoms with Gasteiger partial charge in [0.1, 0.15) is 11.7 Å². The summed E-state index contributed by atoms with van der Waals surface area (Å²) < 4.78 is 12.7. The van der Waals surface area contributed by atoms with Gasteiger partial charge in [-0.3, -0.25) is 9.36 Å². The molecule has 33 heavy (non-hydrogen) atoms. The molecule has 0 bridgehead atoms. The van der Waals surface area contributed by atoms with Gasteiger partial charge in [-0.05, 0) is 44.7 Å². The van der Waals surface area contributed by atoms with E-state index < -0.39 is 35.6 Å². The number of para-hydroxylation sites is 1. The first kappa shape index (κ1) is 24.6. The van der Waals surface area contributed by atoms with E-state index in [4.69, 9.17) is 9.47 Å². The van der Waals surface area contributed by atoms with Gasteiger partial charge in [0.25, 0.3) is 0 Å². The van der Waals surface area contributed by atoms with Crippen LogP contribution in [0.2, 0.25) is 0 Å². The van der Waals surface area contributed by atoms with Crippen molar-refractivity contribution in [2.75, 3.05) is 13.1 Å². The summed E-state index contributed by atoms with van der Waals surface area (Å²) in [7, 11) is 0. The molecule has 1 aromatic carbocycles. The van der Waals surface area contributed by atoms with Crippen molar-refractivity contribution >= 4 is 29.1 Å². The molecule has 1 aromatic heterocycles. The number of hydrogen-bond donors (Lipinski definition) is 1. The second-order valence-electron chi connectivity index (χ2n) is 10.8. The van der Waals surface area contributed by atoms with Crippen molar-refractivity contribution in [3.8, 4) is 0 Å². The number of aromatic nitrogens is 1. The third-order valence-corrected chi connectivity index (χ3v) is 6.14. The van der Waals surface area contributed by atoms with E-state index in [0.29, 0.717) is 5.52 Å². The van der Waals surface area contributed by atoms with Gasteiger partial charge >= 0.3 is 18.2 Å². The largest absolute Gasteiger partial charge is 0.465 e. The van der Waals surface area contributed by atoms with E-state index in [1.807, 2.05) is 52.0 Å². The predicted octanol–water partition coefficient (Wildman–Crippen LogP) is 5.10. The highest BCUT2D eigenvalue weighted by Crippen LogP contribution is 2.39. The van der Waals surface area contributed by atoms with Gasteiger partial charge in [-0.1, -0.05) is 39.0 Å². The molecule has 0 radical (unpaired) electrons. The van der Waals surface area contributed by atoms with Crippen LogP contribution in [0, 0.1) is 11.3 Å². The van der Waals surface area contributed by atoms with Crippen LogP contribution in [0.15, 0.2) is 30.5 Å². The van der Waals surface area contributed by atoms with Crippen molar-refractivity contribution in [2.45, 2.75) is 66.1 Å². The van der Waals surface area contributed by atoms with E-state index in [2.05, 4.69) is 0 Å². The van der Waals surface area contributed by atoms with Crippen LogP contribution in [-0.4, -0.2) is 57.5 Å². The number of fused-ring (bicyclic) bond motifs is 1. The fourth-order valence-electron chi connectivity index (χ4n) is 3.92. The molecule has 1 fully saturated rings. The Morgan fingerprint density at radius 2 is 1.70 bits per heavy atom. The minimum atomic E-state index is -1.09. The molecule has 1 N–H and O–H groups in total. The van der Waals surface area contributed by atoms with Crippen LogP contribution in [-0.2, 0) is 14.3 Å². The smallest absolute Gasteiger partial charge is 0.419 e. The molecule has 0 aliphatic carbocycles. The average Bonchev–Trinajstić information content (AvgIpc) is 3.28. The Morgan fingerprint density at radius 1 is 1.06 bits per heavy atom. The first-order valence-electron chi connectivity index (χ1n) is 11.2. The molecule has 1 saturated heterocycles. The summed E-state index contributed by atoms with van der Waals surface area (Å²) in [6.07, 6.45) is -0.288. The highest BCUT2D eigenvalue weighted by Gasteiger charge is 2.44. The molecule has 2 aromatic rings. The third kappa shape index (κ3) is 5.31. The Bertz CT molecular complexity index is 1060. The van der Waals surface area contributed by atoms with Crippen LogP contribution in [0.1, 0.15) is 59.9 Å². The maximum atomic E-state index is 13.2. The van der Waals surface area contributed by atoms with Crippen LogP contribution in [0.3, 0.4) is 0 Å². The monoisotopic (exact) mass is 458 g/mol. The first-order chi connectivity index (χ1) is 15.2. The Kier molecular flexibility index (Phi) is 6.51. The van der Waals surface area contributed by atoms with Crippen LogP contribution in [0.5, 0.6) is 0 Å². The molecule has 1 aliphatic rings. The summed E-state index contributed by atoms with van der Waals surface area (Å²) in [5, 5.41) is 10.4. The van der Waals surface area contributed by atoms with Crippen molar-refractivity contribution < 1.29 is 29.0 Å². The number of nitrogens with zero attached hydrogens (tertiary/aromatic N) is 2. The number of carbonyl (C=O) groups is 3. The molecular formula is C25H34N2O6.